The Balaban J connectivity index is 1.89. The van der Waals surface area contributed by atoms with Crippen LogP contribution in [-0.2, 0) is 6.42 Å². The van der Waals surface area contributed by atoms with Crippen molar-refractivity contribution in [3.8, 4) is 5.75 Å². The van der Waals surface area contributed by atoms with Gasteiger partial charge in [0.1, 0.15) is 24.5 Å². The number of benzene rings is 1. The average molecular weight is 358 g/mol. The van der Waals surface area contributed by atoms with Gasteiger partial charge in [-0.2, -0.15) is 0 Å². The SMILES string of the molecule is CCc1cnc(Nc2ncnc3cc(OC[C@@H](O)CC)c(C)cc23)s1. The minimum Gasteiger partial charge on any atom is -0.491 e. The normalized spacial score (nSPS) is 12.3. The van der Waals surface area contributed by atoms with E-state index in [0.29, 0.717) is 6.42 Å². The van der Waals surface area contributed by atoms with Crippen LogP contribution in [0.15, 0.2) is 24.7 Å². The zero-order chi connectivity index (χ0) is 17.8. The number of aliphatic hydroxyl groups excluding tert-OH is 1. The van der Waals surface area contributed by atoms with Crippen LogP contribution in [0.1, 0.15) is 30.7 Å². The number of aromatic nitrogens is 3. The molecule has 0 unspecified atom stereocenters. The molecule has 0 amide bonds. The van der Waals surface area contributed by atoms with Crippen molar-refractivity contribution in [2.75, 3.05) is 11.9 Å². The molecule has 3 rings (SSSR count). The molecule has 0 fully saturated rings. The Morgan fingerprint density at radius 3 is 2.80 bits per heavy atom. The van der Waals surface area contributed by atoms with Crippen LogP contribution in [0.25, 0.3) is 10.9 Å². The summed E-state index contributed by atoms with van der Waals surface area (Å²) in [7, 11) is 0. The van der Waals surface area contributed by atoms with Crippen LogP contribution in [-0.4, -0.2) is 32.8 Å². The number of nitrogens with one attached hydrogen (secondary N) is 1. The Morgan fingerprint density at radius 1 is 1.24 bits per heavy atom. The van der Waals surface area contributed by atoms with Crippen LogP contribution in [0.3, 0.4) is 0 Å². The summed E-state index contributed by atoms with van der Waals surface area (Å²) in [5, 5.41) is 14.7. The van der Waals surface area contributed by atoms with Gasteiger partial charge in [0, 0.05) is 22.5 Å². The Kier molecular flexibility index (Phi) is 5.45. The van der Waals surface area contributed by atoms with E-state index in [1.807, 2.05) is 32.2 Å². The number of hydrogen-bond donors (Lipinski definition) is 2. The molecule has 0 aliphatic rings. The summed E-state index contributed by atoms with van der Waals surface area (Å²) in [5.41, 5.74) is 1.76. The third-order valence-corrected chi connectivity index (χ3v) is 5.02. The standard InChI is InChI=1S/C18H22N4O2S/c1-4-12(23)9-24-16-7-15-14(6-11(16)3)17(21-10-20-15)22-18-19-8-13(5-2)25-18/h6-8,10,12,23H,4-5,9H2,1-3H3,(H,19,20,21,22)/t12-/m0/s1. The summed E-state index contributed by atoms with van der Waals surface area (Å²) in [5.74, 6) is 1.46. The molecule has 6 nitrogen and oxygen atoms in total. The molecule has 2 aromatic heterocycles. The van der Waals surface area contributed by atoms with Crippen LogP contribution in [0.4, 0.5) is 10.9 Å². The molecule has 7 heteroatoms. The molecule has 132 valence electrons. The average Bonchev–Trinajstić information content (AvgIpc) is 3.08. The maximum absolute atomic E-state index is 9.69. The van der Waals surface area contributed by atoms with E-state index in [-0.39, 0.29) is 6.61 Å². The van der Waals surface area contributed by atoms with E-state index >= 15 is 0 Å². The van der Waals surface area contributed by atoms with E-state index in [9.17, 15) is 5.11 Å². The highest BCUT2D eigenvalue weighted by Gasteiger charge is 2.11. The maximum Gasteiger partial charge on any atom is 0.188 e. The molecule has 25 heavy (non-hydrogen) atoms. The highest BCUT2D eigenvalue weighted by Crippen LogP contribution is 2.30. The fourth-order valence-electron chi connectivity index (χ4n) is 2.38. The van der Waals surface area contributed by atoms with Crippen LogP contribution in [0.2, 0.25) is 0 Å². The van der Waals surface area contributed by atoms with Gasteiger partial charge in [-0.3, -0.25) is 0 Å². The van der Waals surface area contributed by atoms with Gasteiger partial charge in [-0.05, 0) is 31.4 Å². The van der Waals surface area contributed by atoms with Crippen LogP contribution in [0, 0.1) is 6.92 Å². The lowest BCUT2D eigenvalue weighted by atomic mass is 10.1. The topological polar surface area (TPSA) is 80.2 Å². The number of aryl methyl sites for hydroxylation is 2. The van der Waals surface area contributed by atoms with Crippen molar-refractivity contribution in [3.05, 3.63) is 35.1 Å². The summed E-state index contributed by atoms with van der Waals surface area (Å²) in [6, 6.07) is 3.89. The third kappa shape index (κ3) is 4.05. The predicted molar refractivity (Wildman–Crippen MR) is 101 cm³/mol. The molecule has 0 saturated heterocycles. The number of aliphatic hydroxyl groups is 1. The molecule has 1 aromatic carbocycles. The van der Waals surface area contributed by atoms with Gasteiger partial charge in [-0.25, -0.2) is 15.0 Å². The second kappa shape index (κ2) is 7.76. The smallest absolute Gasteiger partial charge is 0.188 e. The number of thiazole rings is 1. The molecule has 2 heterocycles. The van der Waals surface area contributed by atoms with Crippen molar-refractivity contribution in [1.29, 1.82) is 0 Å². The first-order chi connectivity index (χ1) is 12.1. The van der Waals surface area contributed by atoms with E-state index in [4.69, 9.17) is 4.74 Å². The minimum atomic E-state index is -0.463. The monoisotopic (exact) mass is 358 g/mol. The molecule has 0 bridgehead atoms. The van der Waals surface area contributed by atoms with Gasteiger partial charge in [0.15, 0.2) is 5.13 Å². The Hall–Kier alpha value is -2.25. The Morgan fingerprint density at radius 2 is 2.08 bits per heavy atom. The number of nitrogens with zero attached hydrogens (tertiary/aromatic N) is 3. The lowest BCUT2D eigenvalue weighted by Gasteiger charge is -2.14. The maximum atomic E-state index is 9.69. The molecule has 0 aliphatic heterocycles. The molecule has 2 N–H and O–H groups in total. The van der Waals surface area contributed by atoms with Crippen molar-refractivity contribution in [3.63, 3.8) is 0 Å². The minimum absolute atomic E-state index is 0.276. The van der Waals surface area contributed by atoms with Gasteiger partial charge in [0.05, 0.1) is 11.6 Å². The second-order valence-corrected chi connectivity index (χ2v) is 6.96. The Labute approximate surface area is 150 Å². The number of ether oxygens (including phenoxy) is 1. The summed E-state index contributed by atoms with van der Waals surface area (Å²) in [6.07, 6.45) is 4.57. The fraction of sp³-hybridized carbons (Fsp3) is 0.389. The summed E-state index contributed by atoms with van der Waals surface area (Å²) in [6.45, 7) is 6.28. The second-order valence-electron chi connectivity index (χ2n) is 5.84. The summed E-state index contributed by atoms with van der Waals surface area (Å²) in [4.78, 5) is 14.3. The van der Waals surface area contributed by atoms with E-state index in [2.05, 4.69) is 27.2 Å². The zero-order valence-corrected chi connectivity index (χ0v) is 15.4. The molecule has 0 saturated carbocycles. The molecule has 3 aromatic rings. The highest BCUT2D eigenvalue weighted by molar-refractivity contribution is 7.15. The first-order valence-corrected chi connectivity index (χ1v) is 9.20. The largest absolute Gasteiger partial charge is 0.491 e. The van der Waals surface area contributed by atoms with E-state index in [1.165, 1.54) is 11.2 Å². The number of fused-ring (bicyclic) bond motifs is 1. The molecule has 0 spiro atoms. The lowest BCUT2D eigenvalue weighted by molar-refractivity contribution is 0.104. The molecule has 0 radical (unpaired) electrons. The van der Waals surface area contributed by atoms with E-state index in [1.54, 1.807) is 11.3 Å². The van der Waals surface area contributed by atoms with Gasteiger partial charge in [0.25, 0.3) is 0 Å². The van der Waals surface area contributed by atoms with Gasteiger partial charge in [0.2, 0.25) is 0 Å². The molecular formula is C18H22N4O2S. The van der Waals surface area contributed by atoms with Crippen molar-refractivity contribution >= 4 is 33.2 Å². The quantitative estimate of drug-likeness (QED) is 0.668. The van der Waals surface area contributed by atoms with Crippen molar-refractivity contribution in [1.82, 2.24) is 15.0 Å². The van der Waals surface area contributed by atoms with E-state index < -0.39 is 6.10 Å². The highest BCUT2D eigenvalue weighted by atomic mass is 32.1. The van der Waals surface area contributed by atoms with Crippen molar-refractivity contribution in [2.24, 2.45) is 0 Å². The van der Waals surface area contributed by atoms with Crippen molar-refractivity contribution in [2.45, 2.75) is 39.7 Å². The number of hydrogen-bond acceptors (Lipinski definition) is 7. The fourth-order valence-corrected chi connectivity index (χ4v) is 3.13. The molecule has 0 aliphatic carbocycles. The first kappa shape index (κ1) is 17.6. The Bertz CT molecular complexity index is 865. The summed E-state index contributed by atoms with van der Waals surface area (Å²) < 4.78 is 5.73. The van der Waals surface area contributed by atoms with E-state index in [0.717, 1.165) is 39.6 Å². The zero-order valence-electron chi connectivity index (χ0n) is 14.6. The van der Waals surface area contributed by atoms with Gasteiger partial charge < -0.3 is 15.2 Å². The third-order valence-electron chi connectivity index (χ3n) is 3.96. The van der Waals surface area contributed by atoms with Crippen LogP contribution < -0.4 is 10.1 Å². The predicted octanol–water partition coefficient (Wildman–Crippen LogP) is 3.85. The molecular weight excluding hydrogens is 336 g/mol. The number of rotatable bonds is 7. The summed E-state index contributed by atoms with van der Waals surface area (Å²) >= 11 is 1.62. The lowest BCUT2D eigenvalue weighted by Crippen LogP contribution is -2.16. The van der Waals surface area contributed by atoms with Crippen molar-refractivity contribution < 1.29 is 9.84 Å². The van der Waals surface area contributed by atoms with Gasteiger partial charge in [-0.15, -0.1) is 11.3 Å². The van der Waals surface area contributed by atoms with Crippen LogP contribution in [0.5, 0.6) is 5.75 Å². The molecule has 1 atom stereocenters. The first-order valence-electron chi connectivity index (χ1n) is 8.38. The van der Waals surface area contributed by atoms with Crippen LogP contribution >= 0.6 is 11.3 Å². The van der Waals surface area contributed by atoms with Gasteiger partial charge >= 0.3 is 0 Å². The van der Waals surface area contributed by atoms with Gasteiger partial charge in [-0.1, -0.05) is 13.8 Å². The number of anilines is 2.